The van der Waals surface area contributed by atoms with Crippen molar-refractivity contribution in [1.82, 2.24) is 4.90 Å². The first kappa shape index (κ1) is 18.4. The van der Waals surface area contributed by atoms with E-state index in [-0.39, 0.29) is 32.5 Å². The SMILES string of the molecule is CCOC(=O)C1(CC=O)CCN(C(=O)OC(C)(C)C)CC1O. The van der Waals surface area contributed by atoms with Crippen molar-refractivity contribution in [3.8, 4) is 0 Å². The third kappa shape index (κ3) is 4.19. The van der Waals surface area contributed by atoms with Gasteiger partial charge >= 0.3 is 12.1 Å². The van der Waals surface area contributed by atoms with Gasteiger partial charge in [0.2, 0.25) is 0 Å². The van der Waals surface area contributed by atoms with E-state index in [0.717, 1.165) is 0 Å². The molecule has 1 saturated heterocycles. The third-order valence-electron chi connectivity index (χ3n) is 3.64. The summed E-state index contributed by atoms with van der Waals surface area (Å²) in [6.45, 7) is 7.23. The molecule has 0 spiro atoms. The van der Waals surface area contributed by atoms with E-state index in [0.29, 0.717) is 6.29 Å². The van der Waals surface area contributed by atoms with Gasteiger partial charge in [0, 0.05) is 13.0 Å². The maximum atomic E-state index is 12.1. The number of aliphatic hydroxyl groups is 1. The highest BCUT2D eigenvalue weighted by atomic mass is 16.6. The second kappa shape index (κ2) is 7.09. The van der Waals surface area contributed by atoms with E-state index in [4.69, 9.17) is 9.47 Å². The van der Waals surface area contributed by atoms with Gasteiger partial charge in [-0.15, -0.1) is 0 Å². The first-order valence-electron chi connectivity index (χ1n) is 7.43. The van der Waals surface area contributed by atoms with Crippen LogP contribution in [0.1, 0.15) is 40.5 Å². The highest BCUT2D eigenvalue weighted by Gasteiger charge is 2.50. The average molecular weight is 315 g/mol. The number of aliphatic hydroxyl groups excluding tert-OH is 1. The molecule has 1 heterocycles. The molecule has 1 amide bonds. The van der Waals surface area contributed by atoms with Crippen molar-refractivity contribution in [2.45, 2.75) is 52.2 Å². The highest BCUT2D eigenvalue weighted by molar-refractivity contribution is 5.81. The Hall–Kier alpha value is -1.63. The number of aldehydes is 1. The van der Waals surface area contributed by atoms with Crippen LogP contribution in [0.15, 0.2) is 0 Å². The number of hydrogen-bond donors (Lipinski definition) is 1. The number of esters is 1. The summed E-state index contributed by atoms with van der Waals surface area (Å²) in [5.74, 6) is -0.599. The third-order valence-corrected chi connectivity index (χ3v) is 3.64. The van der Waals surface area contributed by atoms with Crippen LogP contribution < -0.4 is 0 Å². The molecule has 7 nitrogen and oxygen atoms in total. The molecule has 1 rings (SSSR count). The predicted octanol–water partition coefficient (Wildman–Crippen LogP) is 1.13. The molecule has 0 aromatic rings. The van der Waals surface area contributed by atoms with Gasteiger partial charge in [0.25, 0.3) is 0 Å². The normalized spacial score (nSPS) is 25.5. The first-order chi connectivity index (χ1) is 10.2. The van der Waals surface area contributed by atoms with Crippen molar-refractivity contribution < 1.29 is 29.0 Å². The molecule has 22 heavy (non-hydrogen) atoms. The van der Waals surface area contributed by atoms with Gasteiger partial charge in [-0.2, -0.15) is 0 Å². The van der Waals surface area contributed by atoms with E-state index >= 15 is 0 Å². The second-order valence-corrected chi connectivity index (χ2v) is 6.44. The summed E-state index contributed by atoms with van der Waals surface area (Å²) >= 11 is 0. The molecule has 2 atom stereocenters. The lowest BCUT2D eigenvalue weighted by atomic mass is 9.74. The Balaban J connectivity index is 2.83. The lowest BCUT2D eigenvalue weighted by Gasteiger charge is -2.42. The molecule has 0 saturated carbocycles. The molecule has 0 aliphatic carbocycles. The number of rotatable bonds is 4. The Kier molecular flexibility index (Phi) is 5.93. The van der Waals surface area contributed by atoms with Crippen LogP contribution in [-0.4, -0.2) is 59.8 Å². The van der Waals surface area contributed by atoms with Crippen LogP contribution in [0.5, 0.6) is 0 Å². The van der Waals surface area contributed by atoms with Gasteiger partial charge in [-0.1, -0.05) is 0 Å². The number of carbonyl (C=O) groups excluding carboxylic acids is 3. The minimum Gasteiger partial charge on any atom is -0.465 e. The van der Waals surface area contributed by atoms with Crippen LogP contribution in [0, 0.1) is 5.41 Å². The lowest BCUT2D eigenvalue weighted by molar-refractivity contribution is -0.170. The van der Waals surface area contributed by atoms with Crippen LogP contribution in [0.25, 0.3) is 0 Å². The van der Waals surface area contributed by atoms with Gasteiger partial charge in [0.1, 0.15) is 17.3 Å². The summed E-state index contributed by atoms with van der Waals surface area (Å²) in [6.07, 6.45) is -1.09. The summed E-state index contributed by atoms with van der Waals surface area (Å²) in [4.78, 5) is 36.4. The number of piperidine rings is 1. The average Bonchev–Trinajstić information content (AvgIpc) is 2.39. The van der Waals surface area contributed by atoms with Gasteiger partial charge in [0.15, 0.2) is 0 Å². The van der Waals surface area contributed by atoms with Crippen LogP contribution in [0.4, 0.5) is 4.79 Å². The van der Waals surface area contributed by atoms with Gasteiger partial charge in [-0.3, -0.25) is 4.79 Å². The van der Waals surface area contributed by atoms with E-state index in [1.54, 1.807) is 27.7 Å². The minimum atomic E-state index is -1.28. The maximum Gasteiger partial charge on any atom is 0.410 e. The molecule has 0 radical (unpaired) electrons. The smallest absolute Gasteiger partial charge is 0.410 e. The van der Waals surface area contributed by atoms with E-state index in [1.807, 2.05) is 0 Å². The molecule has 1 fully saturated rings. The summed E-state index contributed by atoms with van der Waals surface area (Å²) in [7, 11) is 0. The molecular weight excluding hydrogens is 290 g/mol. The van der Waals surface area contributed by atoms with E-state index in [1.165, 1.54) is 4.90 Å². The molecule has 0 bridgehead atoms. The second-order valence-electron chi connectivity index (χ2n) is 6.44. The molecule has 1 aliphatic heterocycles. The molecule has 0 aromatic carbocycles. The Bertz CT molecular complexity index is 430. The zero-order valence-corrected chi connectivity index (χ0v) is 13.6. The van der Waals surface area contributed by atoms with Gasteiger partial charge < -0.3 is 24.3 Å². The predicted molar refractivity (Wildman–Crippen MR) is 78.2 cm³/mol. The van der Waals surface area contributed by atoms with Crippen LogP contribution in [0.2, 0.25) is 0 Å². The largest absolute Gasteiger partial charge is 0.465 e. The Morgan fingerprint density at radius 2 is 2.05 bits per heavy atom. The Morgan fingerprint density at radius 3 is 2.50 bits per heavy atom. The molecule has 126 valence electrons. The zero-order valence-electron chi connectivity index (χ0n) is 13.6. The van der Waals surface area contributed by atoms with Crippen molar-refractivity contribution in [1.29, 1.82) is 0 Å². The fourth-order valence-electron chi connectivity index (χ4n) is 2.45. The fourth-order valence-corrected chi connectivity index (χ4v) is 2.45. The van der Waals surface area contributed by atoms with Gasteiger partial charge in [-0.25, -0.2) is 4.79 Å². The maximum absolute atomic E-state index is 12.1. The molecule has 2 unspecified atom stereocenters. The van der Waals surface area contributed by atoms with Crippen molar-refractivity contribution in [3.63, 3.8) is 0 Å². The summed E-state index contributed by atoms with van der Waals surface area (Å²) in [5.41, 5.74) is -1.92. The van der Waals surface area contributed by atoms with Crippen molar-refractivity contribution in [2.24, 2.45) is 5.41 Å². The van der Waals surface area contributed by atoms with Crippen molar-refractivity contribution in [3.05, 3.63) is 0 Å². The number of β-amino-alcohol motifs (C(OH)–C–C–N with tert-alkyl or cyclic N) is 1. The molecule has 0 aromatic heterocycles. The number of carbonyl (C=O) groups is 3. The number of likely N-dealkylation sites (tertiary alicyclic amines) is 1. The standard InChI is InChI=1S/C15H25NO6/c1-5-21-12(19)15(7-9-17)6-8-16(10-11(15)18)13(20)22-14(2,3)4/h9,11,18H,5-8,10H2,1-4H3. The topological polar surface area (TPSA) is 93.1 Å². The fraction of sp³-hybridized carbons (Fsp3) is 0.800. The quantitative estimate of drug-likeness (QED) is 0.617. The van der Waals surface area contributed by atoms with Crippen molar-refractivity contribution in [2.75, 3.05) is 19.7 Å². The Labute approximate surface area is 130 Å². The van der Waals surface area contributed by atoms with E-state index in [2.05, 4.69) is 0 Å². The number of ether oxygens (including phenoxy) is 2. The summed E-state index contributed by atoms with van der Waals surface area (Å²) in [6, 6.07) is 0. The van der Waals surface area contributed by atoms with Crippen LogP contribution >= 0.6 is 0 Å². The molecular formula is C15H25NO6. The first-order valence-corrected chi connectivity index (χ1v) is 7.43. The van der Waals surface area contributed by atoms with Gasteiger partial charge in [-0.05, 0) is 34.1 Å². The lowest BCUT2D eigenvalue weighted by Crippen LogP contribution is -2.57. The van der Waals surface area contributed by atoms with Crippen LogP contribution in [0.3, 0.4) is 0 Å². The zero-order chi connectivity index (χ0) is 17.0. The van der Waals surface area contributed by atoms with Crippen molar-refractivity contribution >= 4 is 18.3 Å². The van der Waals surface area contributed by atoms with E-state index < -0.39 is 29.2 Å². The number of nitrogens with zero attached hydrogens (tertiary/aromatic N) is 1. The highest BCUT2D eigenvalue weighted by Crippen LogP contribution is 2.36. The van der Waals surface area contributed by atoms with Crippen LogP contribution in [-0.2, 0) is 19.1 Å². The van der Waals surface area contributed by atoms with Gasteiger partial charge in [0.05, 0.1) is 19.3 Å². The summed E-state index contributed by atoms with van der Waals surface area (Å²) in [5, 5.41) is 10.4. The molecule has 1 aliphatic rings. The number of hydrogen-bond acceptors (Lipinski definition) is 6. The Morgan fingerprint density at radius 1 is 1.41 bits per heavy atom. The molecule has 7 heteroatoms. The number of amides is 1. The summed E-state index contributed by atoms with van der Waals surface area (Å²) < 4.78 is 10.2. The monoisotopic (exact) mass is 315 g/mol. The van der Waals surface area contributed by atoms with E-state index in [9.17, 15) is 19.5 Å². The molecule has 1 N–H and O–H groups in total. The minimum absolute atomic E-state index is 0.0679.